The number of phenolic OH excluding ortho intramolecular Hbond substituents is 1. The molecular formula is C18H21NO2. The zero-order valence-corrected chi connectivity index (χ0v) is 12.3. The largest absolute Gasteiger partial charge is 0.507 e. The van der Waals surface area contributed by atoms with Gasteiger partial charge in [-0.15, -0.1) is 0 Å². The summed E-state index contributed by atoms with van der Waals surface area (Å²) in [6, 6.07) is 13.4. The molecule has 0 unspecified atom stereocenters. The Morgan fingerprint density at radius 3 is 2.48 bits per heavy atom. The summed E-state index contributed by atoms with van der Waals surface area (Å²) >= 11 is 0. The maximum atomic E-state index is 12.3. The SMILES string of the molecule is CCCCC(=O)c1cc(-c2ccccc2)cc(CN)c1O. The van der Waals surface area contributed by atoms with Crippen LogP contribution in [0.1, 0.15) is 42.1 Å². The average molecular weight is 283 g/mol. The van der Waals surface area contributed by atoms with E-state index in [0.717, 1.165) is 24.0 Å². The Balaban J connectivity index is 2.47. The van der Waals surface area contributed by atoms with E-state index in [0.29, 0.717) is 17.5 Å². The highest BCUT2D eigenvalue weighted by Crippen LogP contribution is 2.31. The summed E-state index contributed by atoms with van der Waals surface area (Å²) in [5.74, 6) is 0.000107. The molecule has 0 atom stereocenters. The molecule has 2 aromatic carbocycles. The number of benzene rings is 2. The summed E-state index contributed by atoms with van der Waals surface area (Å²) in [4.78, 5) is 12.3. The van der Waals surface area contributed by atoms with Gasteiger partial charge in [-0.1, -0.05) is 43.7 Å². The second kappa shape index (κ2) is 7.04. The van der Waals surface area contributed by atoms with Crippen LogP contribution in [0.2, 0.25) is 0 Å². The van der Waals surface area contributed by atoms with Crippen molar-refractivity contribution in [1.82, 2.24) is 0 Å². The van der Waals surface area contributed by atoms with E-state index in [4.69, 9.17) is 5.73 Å². The molecule has 0 aliphatic rings. The third-order valence-corrected chi connectivity index (χ3v) is 3.57. The first kappa shape index (κ1) is 15.3. The number of hydrogen-bond donors (Lipinski definition) is 2. The third-order valence-electron chi connectivity index (χ3n) is 3.57. The van der Waals surface area contributed by atoms with Crippen molar-refractivity contribution in [2.24, 2.45) is 5.73 Å². The van der Waals surface area contributed by atoms with Crippen LogP contribution in [0, 0.1) is 0 Å². The maximum Gasteiger partial charge on any atom is 0.166 e. The Kier molecular flexibility index (Phi) is 5.12. The standard InChI is InChI=1S/C18H21NO2/c1-2-3-9-17(20)16-11-14(10-15(12-19)18(16)21)13-7-5-4-6-8-13/h4-8,10-11,21H,2-3,9,12,19H2,1H3. The molecule has 0 saturated heterocycles. The molecule has 2 rings (SSSR count). The van der Waals surface area contributed by atoms with Crippen LogP contribution in [0.4, 0.5) is 0 Å². The predicted octanol–water partition coefficient (Wildman–Crippen LogP) is 3.89. The lowest BCUT2D eigenvalue weighted by atomic mass is 9.95. The number of nitrogens with two attached hydrogens (primary N) is 1. The Labute approximate surface area is 125 Å². The van der Waals surface area contributed by atoms with E-state index in [1.165, 1.54) is 0 Å². The summed E-state index contributed by atoms with van der Waals surface area (Å²) in [6.45, 7) is 2.25. The molecule has 21 heavy (non-hydrogen) atoms. The number of hydrogen-bond acceptors (Lipinski definition) is 3. The molecule has 0 aliphatic heterocycles. The van der Waals surface area contributed by atoms with Crippen LogP contribution in [0.3, 0.4) is 0 Å². The Morgan fingerprint density at radius 2 is 1.86 bits per heavy atom. The van der Waals surface area contributed by atoms with Gasteiger partial charge in [-0.05, 0) is 29.7 Å². The fourth-order valence-corrected chi connectivity index (χ4v) is 2.33. The summed E-state index contributed by atoms with van der Waals surface area (Å²) in [6.07, 6.45) is 2.23. The van der Waals surface area contributed by atoms with Gasteiger partial charge in [-0.2, -0.15) is 0 Å². The number of carbonyl (C=O) groups excluding carboxylic acids is 1. The fraction of sp³-hybridized carbons (Fsp3) is 0.278. The van der Waals surface area contributed by atoms with Crippen molar-refractivity contribution in [3.63, 3.8) is 0 Å². The molecule has 110 valence electrons. The lowest BCUT2D eigenvalue weighted by molar-refractivity contribution is 0.0977. The fourth-order valence-electron chi connectivity index (χ4n) is 2.33. The van der Waals surface area contributed by atoms with E-state index in [1.807, 2.05) is 43.3 Å². The van der Waals surface area contributed by atoms with E-state index in [2.05, 4.69) is 0 Å². The number of aromatic hydroxyl groups is 1. The molecule has 3 N–H and O–H groups in total. The van der Waals surface area contributed by atoms with E-state index < -0.39 is 0 Å². The number of rotatable bonds is 6. The van der Waals surface area contributed by atoms with Crippen LogP contribution in [0.5, 0.6) is 5.75 Å². The van der Waals surface area contributed by atoms with E-state index in [9.17, 15) is 9.90 Å². The first-order chi connectivity index (χ1) is 10.2. The van der Waals surface area contributed by atoms with Gasteiger partial charge in [-0.3, -0.25) is 4.79 Å². The van der Waals surface area contributed by atoms with Crippen molar-refractivity contribution in [2.45, 2.75) is 32.7 Å². The van der Waals surface area contributed by atoms with E-state index >= 15 is 0 Å². The Hall–Kier alpha value is -2.13. The molecule has 0 amide bonds. The highest BCUT2D eigenvalue weighted by molar-refractivity contribution is 6.00. The van der Waals surface area contributed by atoms with Gasteiger partial charge < -0.3 is 10.8 Å². The zero-order chi connectivity index (χ0) is 15.2. The van der Waals surface area contributed by atoms with Gasteiger partial charge in [0.1, 0.15) is 5.75 Å². The molecule has 0 heterocycles. The number of phenols is 1. The van der Waals surface area contributed by atoms with Crippen LogP contribution in [0.15, 0.2) is 42.5 Å². The minimum Gasteiger partial charge on any atom is -0.507 e. The van der Waals surface area contributed by atoms with Crippen LogP contribution < -0.4 is 5.73 Å². The number of carbonyl (C=O) groups is 1. The molecule has 3 heteroatoms. The molecule has 0 saturated carbocycles. The second-order valence-corrected chi connectivity index (χ2v) is 5.13. The minimum absolute atomic E-state index is 0.0261. The monoisotopic (exact) mass is 283 g/mol. The lowest BCUT2D eigenvalue weighted by Gasteiger charge is -2.12. The number of ketones is 1. The van der Waals surface area contributed by atoms with Crippen LogP contribution >= 0.6 is 0 Å². The lowest BCUT2D eigenvalue weighted by Crippen LogP contribution is -2.05. The Bertz CT molecular complexity index is 621. The van der Waals surface area contributed by atoms with Crippen molar-refractivity contribution >= 4 is 5.78 Å². The molecule has 0 aliphatic carbocycles. The summed E-state index contributed by atoms with van der Waals surface area (Å²) in [5, 5.41) is 10.2. The Morgan fingerprint density at radius 1 is 1.14 bits per heavy atom. The van der Waals surface area contributed by atoms with Crippen LogP contribution in [0.25, 0.3) is 11.1 Å². The number of unbranched alkanes of at least 4 members (excludes halogenated alkanes) is 1. The molecular weight excluding hydrogens is 262 g/mol. The zero-order valence-electron chi connectivity index (χ0n) is 12.3. The molecule has 0 aromatic heterocycles. The summed E-state index contributed by atoms with van der Waals surface area (Å²) in [7, 11) is 0. The van der Waals surface area contributed by atoms with Crippen LogP contribution in [-0.2, 0) is 6.54 Å². The summed E-state index contributed by atoms with van der Waals surface area (Å²) < 4.78 is 0. The van der Waals surface area contributed by atoms with E-state index in [1.54, 1.807) is 6.07 Å². The van der Waals surface area contributed by atoms with Crippen molar-refractivity contribution in [2.75, 3.05) is 0 Å². The molecule has 3 nitrogen and oxygen atoms in total. The van der Waals surface area contributed by atoms with Crippen LogP contribution in [-0.4, -0.2) is 10.9 Å². The number of Topliss-reactive ketones (excluding diaryl/α,β-unsaturated/α-hetero) is 1. The maximum absolute atomic E-state index is 12.3. The molecule has 0 spiro atoms. The summed E-state index contributed by atoms with van der Waals surface area (Å²) in [5.41, 5.74) is 8.60. The minimum atomic E-state index is -0.0261. The van der Waals surface area contributed by atoms with Crippen molar-refractivity contribution in [1.29, 1.82) is 0 Å². The first-order valence-electron chi connectivity index (χ1n) is 7.32. The van der Waals surface area contributed by atoms with Gasteiger partial charge in [0.25, 0.3) is 0 Å². The first-order valence-corrected chi connectivity index (χ1v) is 7.32. The molecule has 0 radical (unpaired) electrons. The smallest absolute Gasteiger partial charge is 0.166 e. The van der Waals surface area contributed by atoms with Crippen molar-refractivity contribution in [3.05, 3.63) is 53.6 Å². The highest BCUT2D eigenvalue weighted by Gasteiger charge is 2.16. The molecule has 0 bridgehead atoms. The second-order valence-electron chi connectivity index (χ2n) is 5.13. The predicted molar refractivity (Wildman–Crippen MR) is 85.3 cm³/mol. The van der Waals surface area contributed by atoms with Crippen molar-refractivity contribution in [3.8, 4) is 16.9 Å². The van der Waals surface area contributed by atoms with Gasteiger partial charge in [-0.25, -0.2) is 0 Å². The molecule has 2 aromatic rings. The molecule has 0 fully saturated rings. The highest BCUT2D eigenvalue weighted by atomic mass is 16.3. The quantitative estimate of drug-likeness (QED) is 0.790. The topological polar surface area (TPSA) is 63.3 Å². The van der Waals surface area contributed by atoms with Gasteiger partial charge in [0.05, 0.1) is 5.56 Å². The van der Waals surface area contributed by atoms with Gasteiger partial charge in [0.15, 0.2) is 5.78 Å². The third kappa shape index (κ3) is 3.50. The van der Waals surface area contributed by atoms with Gasteiger partial charge >= 0.3 is 0 Å². The van der Waals surface area contributed by atoms with Gasteiger partial charge in [0, 0.05) is 18.5 Å². The normalized spacial score (nSPS) is 10.6. The van der Waals surface area contributed by atoms with Crippen molar-refractivity contribution < 1.29 is 9.90 Å². The van der Waals surface area contributed by atoms with E-state index in [-0.39, 0.29) is 18.1 Å². The average Bonchev–Trinajstić information content (AvgIpc) is 2.53. The van der Waals surface area contributed by atoms with Gasteiger partial charge in [0.2, 0.25) is 0 Å².